The average Bonchev–Trinajstić information content (AvgIpc) is 3.19. The Morgan fingerprint density at radius 2 is 1.69 bits per heavy atom. The molecular formula is C29H31ClN4O2. The molecule has 1 heterocycles. The van der Waals surface area contributed by atoms with Crippen molar-refractivity contribution in [2.24, 2.45) is 0 Å². The molecule has 2 N–H and O–H groups in total. The van der Waals surface area contributed by atoms with Crippen LogP contribution in [0.1, 0.15) is 34.8 Å². The quantitative estimate of drug-likeness (QED) is 0.369. The van der Waals surface area contributed by atoms with E-state index >= 15 is 0 Å². The van der Waals surface area contributed by atoms with Crippen molar-refractivity contribution < 1.29 is 9.59 Å². The van der Waals surface area contributed by atoms with E-state index < -0.39 is 0 Å². The van der Waals surface area contributed by atoms with E-state index in [1.54, 1.807) is 12.1 Å². The highest BCUT2D eigenvalue weighted by molar-refractivity contribution is 6.38. The largest absolute Gasteiger partial charge is 0.354 e. The lowest BCUT2D eigenvalue weighted by Crippen LogP contribution is -2.33. The second-order valence-corrected chi connectivity index (χ2v) is 9.44. The molecule has 0 fully saturated rings. The molecule has 36 heavy (non-hydrogen) atoms. The number of carbonyl (C=O) groups is 2. The monoisotopic (exact) mass is 502 g/mol. The van der Waals surface area contributed by atoms with Gasteiger partial charge in [0.2, 0.25) is 0 Å². The van der Waals surface area contributed by atoms with E-state index in [1.165, 1.54) is 0 Å². The number of amides is 2. The van der Waals surface area contributed by atoms with E-state index in [9.17, 15) is 9.59 Å². The summed E-state index contributed by atoms with van der Waals surface area (Å²) in [5.74, 6) is -0.212. The van der Waals surface area contributed by atoms with Gasteiger partial charge in [-0.1, -0.05) is 54.1 Å². The van der Waals surface area contributed by atoms with Crippen LogP contribution in [0, 0.1) is 0 Å². The van der Waals surface area contributed by atoms with Gasteiger partial charge in [-0.05, 0) is 69.9 Å². The van der Waals surface area contributed by atoms with Crippen LogP contribution in [0.15, 0.2) is 72.8 Å². The van der Waals surface area contributed by atoms with Crippen LogP contribution >= 0.6 is 11.6 Å². The third-order valence-corrected chi connectivity index (χ3v) is 6.35. The first-order valence-corrected chi connectivity index (χ1v) is 12.5. The number of fused-ring (bicyclic) bond motifs is 1. The molecule has 0 aromatic heterocycles. The van der Waals surface area contributed by atoms with Crippen molar-refractivity contribution in [2.75, 3.05) is 44.4 Å². The van der Waals surface area contributed by atoms with Crippen molar-refractivity contribution in [1.82, 2.24) is 9.80 Å². The molecular weight excluding hydrogens is 472 g/mol. The second-order valence-electron chi connectivity index (χ2n) is 9.01. The van der Waals surface area contributed by atoms with Gasteiger partial charge in [-0.25, -0.2) is 0 Å². The first-order valence-electron chi connectivity index (χ1n) is 12.1. The number of hydrogen-bond acceptors (Lipinski definition) is 4. The first kappa shape index (κ1) is 25.5. The summed E-state index contributed by atoms with van der Waals surface area (Å²) in [4.78, 5) is 30.3. The number of rotatable bonds is 9. The van der Waals surface area contributed by atoms with Crippen molar-refractivity contribution in [3.05, 3.63) is 94.5 Å². The van der Waals surface area contributed by atoms with Crippen molar-refractivity contribution >= 4 is 46.1 Å². The lowest BCUT2D eigenvalue weighted by Gasteiger charge is -2.22. The summed E-state index contributed by atoms with van der Waals surface area (Å²) in [5, 5.41) is 6.92. The lowest BCUT2D eigenvalue weighted by molar-refractivity contribution is -0.110. The van der Waals surface area contributed by atoms with E-state index in [4.69, 9.17) is 11.6 Å². The minimum absolute atomic E-state index is 0.00702. The number of hydrogen-bond donors (Lipinski definition) is 2. The number of nitrogens with one attached hydrogen (secondary N) is 2. The molecule has 186 valence electrons. The molecule has 0 unspecified atom stereocenters. The van der Waals surface area contributed by atoms with Gasteiger partial charge in [-0.2, -0.15) is 0 Å². The molecule has 0 spiro atoms. The van der Waals surface area contributed by atoms with Gasteiger partial charge in [-0.3, -0.25) is 9.59 Å². The standard InChI is InChI=1S/C29H31ClN4O2/c1-4-34(17-9-16-33(2)3)29(36)21-12-8-13-23(18-21)31-27(20-10-6-5-7-11-20)26-24-15-14-22(30)19-25(24)32-28(26)35/h5-8,10-15,18-19,31H,4,9,16-17H2,1-3H3,(H,32,35)/b27-26-. The van der Waals surface area contributed by atoms with Crippen LogP contribution in [-0.2, 0) is 4.79 Å². The molecule has 3 aromatic carbocycles. The van der Waals surface area contributed by atoms with Crippen LogP contribution in [0.5, 0.6) is 0 Å². The zero-order valence-electron chi connectivity index (χ0n) is 20.8. The number of carbonyl (C=O) groups excluding carboxylic acids is 2. The Kier molecular flexibility index (Phi) is 8.08. The van der Waals surface area contributed by atoms with Gasteiger partial charge < -0.3 is 20.4 Å². The molecule has 0 bridgehead atoms. The molecule has 0 radical (unpaired) electrons. The van der Waals surface area contributed by atoms with Crippen molar-refractivity contribution in [3.63, 3.8) is 0 Å². The van der Waals surface area contributed by atoms with Gasteiger partial charge in [0.05, 0.1) is 17.0 Å². The van der Waals surface area contributed by atoms with Crippen LogP contribution in [0.4, 0.5) is 11.4 Å². The molecule has 1 aliphatic rings. The van der Waals surface area contributed by atoms with Crippen molar-refractivity contribution in [3.8, 4) is 0 Å². The highest BCUT2D eigenvalue weighted by atomic mass is 35.5. The lowest BCUT2D eigenvalue weighted by atomic mass is 10.00. The minimum Gasteiger partial charge on any atom is -0.354 e. The van der Waals surface area contributed by atoms with Gasteiger partial charge in [-0.15, -0.1) is 0 Å². The predicted octanol–water partition coefficient (Wildman–Crippen LogP) is 5.69. The summed E-state index contributed by atoms with van der Waals surface area (Å²) < 4.78 is 0. The van der Waals surface area contributed by atoms with Crippen LogP contribution in [0.3, 0.4) is 0 Å². The van der Waals surface area contributed by atoms with Crippen molar-refractivity contribution in [2.45, 2.75) is 13.3 Å². The highest BCUT2D eigenvalue weighted by Crippen LogP contribution is 2.38. The maximum absolute atomic E-state index is 13.3. The Balaban J connectivity index is 1.68. The predicted molar refractivity (Wildman–Crippen MR) is 148 cm³/mol. The van der Waals surface area contributed by atoms with Gasteiger partial charge in [0.15, 0.2) is 0 Å². The van der Waals surface area contributed by atoms with Crippen LogP contribution in [-0.4, -0.2) is 55.3 Å². The maximum Gasteiger partial charge on any atom is 0.258 e. The molecule has 0 atom stereocenters. The number of nitrogens with zero attached hydrogens (tertiary/aromatic N) is 2. The molecule has 6 nitrogen and oxygen atoms in total. The summed E-state index contributed by atoms with van der Waals surface area (Å²) in [6.07, 6.45) is 0.910. The maximum atomic E-state index is 13.3. The van der Waals surface area contributed by atoms with E-state index in [0.29, 0.717) is 40.6 Å². The van der Waals surface area contributed by atoms with E-state index in [-0.39, 0.29) is 11.8 Å². The average molecular weight is 503 g/mol. The van der Waals surface area contributed by atoms with E-state index in [2.05, 4.69) is 15.5 Å². The van der Waals surface area contributed by atoms with Crippen LogP contribution < -0.4 is 10.6 Å². The van der Waals surface area contributed by atoms with Gasteiger partial charge in [0, 0.05) is 34.9 Å². The highest BCUT2D eigenvalue weighted by Gasteiger charge is 2.28. The summed E-state index contributed by atoms with van der Waals surface area (Å²) in [6.45, 7) is 4.26. The van der Waals surface area contributed by atoms with Crippen LogP contribution in [0.2, 0.25) is 5.02 Å². The van der Waals surface area contributed by atoms with E-state index in [1.807, 2.05) is 86.6 Å². The molecule has 2 amide bonds. The zero-order chi connectivity index (χ0) is 25.7. The number of anilines is 2. The Bertz CT molecular complexity index is 1290. The fourth-order valence-electron chi connectivity index (χ4n) is 4.32. The topological polar surface area (TPSA) is 64.7 Å². The third-order valence-electron chi connectivity index (χ3n) is 6.12. The van der Waals surface area contributed by atoms with Gasteiger partial charge in [0.1, 0.15) is 0 Å². The zero-order valence-corrected chi connectivity index (χ0v) is 21.6. The smallest absolute Gasteiger partial charge is 0.258 e. The van der Waals surface area contributed by atoms with Gasteiger partial charge >= 0.3 is 0 Å². The fraction of sp³-hybridized carbons (Fsp3) is 0.241. The Labute approximate surface area is 217 Å². The molecule has 4 rings (SSSR count). The van der Waals surface area contributed by atoms with Crippen molar-refractivity contribution in [1.29, 1.82) is 0 Å². The molecule has 3 aromatic rings. The molecule has 1 aliphatic heterocycles. The number of benzene rings is 3. The summed E-state index contributed by atoms with van der Waals surface area (Å²) in [6, 6.07) is 22.5. The Morgan fingerprint density at radius 3 is 2.42 bits per heavy atom. The minimum atomic E-state index is -0.205. The first-order chi connectivity index (χ1) is 17.4. The molecule has 0 aliphatic carbocycles. The molecule has 7 heteroatoms. The summed E-state index contributed by atoms with van der Waals surface area (Å²) >= 11 is 6.16. The van der Waals surface area contributed by atoms with Gasteiger partial charge in [0.25, 0.3) is 11.8 Å². The Morgan fingerprint density at radius 1 is 0.944 bits per heavy atom. The Hall–Kier alpha value is -3.61. The summed E-state index contributed by atoms with van der Waals surface area (Å²) in [5.41, 5.74) is 4.85. The van der Waals surface area contributed by atoms with Crippen LogP contribution in [0.25, 0.3) is 11.3 Å². The third kappa shape index (κ3) is 5.78. The fourth-order valence-corrected chi connectivity index (χ4v) is 4.49. The normalized spacial score (nSPS) is 13.9. The second kappa shape index (κ2) is 11.4. The summed E-state index contributed by atoms with van der Waals surface area (Å²) in [7, 11) is 4.06. The number of halogens is 1. The SMILES string of the molecule is CCN(CCCN(C)C)C(=O)c1cccc(N/C(=C2\C(=O)Nc3cc(Cl)ccc32)c2ccccc2)c1. The van der Waals surface area contributed by atoms with E-state index in [0.717, 1.165) is 29.8 Å². The molecule has 0 saturated heterocycles. The molecule has 0 saturated carbocycles.